The van der Waals surface area contributed by atoms with Gasteiger partial charge in [0, 0.05) is 12.2 Å². The Morgan fingerprint density at radius 1 is 1.17 bits per heavy atom. The fraction of sp³-hybridized carbons (Fsp3) is 0.471. The lowest BCUT2D eigenvalue weighted by Gasteiger charge is -2.11. The average Bonchev–Trinajstić information content (AvgIpc) is 2.53. The van der Waals surface area contributed by atoms with E-state index in [2.05, 4.69) is 44.8 Å². The van der Waals surface area contributed by atoms with E-state index < -0.39 is 0 Å². The van der Waals surface area contributed by atoms with E-state index in [0.717, 1.165) is 30.9 Å². The number of benzene rings is 1. The molecule has 0 amide bonds. The summed E-state index contributed by atoms with van der Waals surface area (Å²) < 4.78 is 5.63. The van der Waals surface area contributed by atoms with E-state index in [1.54, 1.807) is 6.20 Å². The lowest BCUT2D eigenvalue weighted by atomic mass is 10.3. The fourth-order valence-corrected chi connectivity index (χ4v) is 2.07. The van der Waals surface area contributed by atoms with Crippen molar-refractivity contribution in [2.24, 2.45) is 0 Å². The Hall–Kier alpha value is -2.41. The van der Waals surface area contributed by atoms with Crippen LogP contribution >= 0.6 is 0 Å². The Morgan fingerprint density at radius 3 is 2.58 bits per heavy atom. The summed E-state index contributed by atoms with van der Waals surface area (Å²) in [7, 11) is 4.11. The van der Waals surface area contributed by atoms with Crippen molar-refractivity contribution in [3.63, 3.8) is 0 Å². The molecule has 7 heteroatoms. The minimum Gasteiger partial charge on any atom is -0.491 e. The first-order valence-electron chi connectivity index (χ1n) is 8.15. The van der Waals surface area contributed by atoms with E-state index in [4.69, 9.17) is 4.74 Å². The highest BCUT2D eigenvalue weighted by Gasteiger charge is 2.02. The number of hydrogen-bond donors (Lipinski definition) is 2. The smallest absolute Gasteiger partial charge is 0.244 e. The van der Waals surface area contributed by atoms with E-state index in [1.165, 1.54) is 0 Å². The Bertz CT molecular complexity index is 615. The van der Waals surface area contributed by atoms with Gasteiger partial charge >= 0.3 is 0 Å². The molecule has 130 valence electrons. The summed E-state index contributed by atoms with van der Waals surface area (Å²) in [6, 6.07) is 7.75. The normalized spacial score (nSPS) is 10.9. The maximum atomic E-state index is 5.63. The minimum absolute atomic E-state index is 0.163. The molecule has 24 heavy (non-hydrogen) atoms. The van der Waals surface area contributed by atoms with Crippen molar-refractivity contribution in [1.29, 1.82) is 0 Å². The van der Waals surface area contributed by atoms with Gasteiger partial charge in [0.05, 0.1) is 12.3 Å². The van der Waals surface area contributed by atoms with E-state index in [0.29, 0.717) is 11.8 Å². The second-order valence-corrected chi connectivity index (χ2v) is 6.06. The molecule has 2 rings (SSSR count). The fourth-order valence-electron chi connectivity index (χ4n) is 2.07. The number of aromatic nitrogens is 3. The van der Waals surface area contributed by atoms with Gasteiger partial charge in [-0.2, -0.15) is 10.1 Å². The van der Waals surface area contributed by atoms with Gasteiger partial charge in [-0.3, -0.25) is 0 Å². The second kappa shape index (κ2) is 9.02. The second-order valence-electron chi connectivity index (χ2n) is 6.06. The number of rotatable bonds is 9. The molecule has 0 bridgehead atoms. The zero-order chi connectivity index (χ0) is 17.4. The molecular weight excluding hydrogens is 304 g/mol. The summed E-state index contributed by atoms with van der Waals surface area (Å²) in [6.07, 6.45) is 2.78. The van der Waals surface area contributed by atoms with Crippen LogP contribution in [0, 0.1) is 0 Å². The van der Waals surface area contributed by atoms with Gasteiger partial charge in [-0.15, -0.1) is 5.10 Å². The molecule has 0 aliphatic rings. The van der Waals surface area contributed by atoms with Crippen molar-refractivity contribution in [3.8, 4) is 5.75 Å². The maximum absolute atomic E-state index is 5.63. The van der Waals surface area contributed by atoms with Crippen LogP contribution in [0.2, 0.25) is 0 Å². The number of nitrogens with zero attached hydrogens (tertiary/aromatic N) is 4. The Labute approximate surface area is 143 Å². The molecule has 1 aromatic carbocycles. The zero-order valence-electron chi connectivity index (χ0n) is 14.8. The van der Waals surface area contributed by atoms with Crippen molar-refractivity contribution in [1.82, 2.24) is 20.1 Å². The number of nitrogens with one attached hydrogen (secondary N) is 2. The highest BCUT2D eigenvalue weighted by molar-refractivity contribution is 5.57. The standard InChI is InChI=1S/C17H26N6O/c1-13(2)24-15-8-6-14(7-9-15)20-16-12-19-22-17(21-16)18-10-5-11-23(3)4/h6-9,12-13H,5,10-11H2,1-4H3,(H2,18,20,21,22). The summed E-state index contributed by atoms with van der Waals surface area (Å²) in [5.74, 6) is 2.02. The summed E-state index contributed by atoms with van der Waals surface area (Å²) in [6.45, 7) is 5.84. The maximum Gasteiger partial charge on any atom is 0.244 e. The quantitative estimate of drug-likeness (QED) is 0.685. The molecule has 0 aliphatic carbocycles. The van der Waals surface area contributed by atoms with E-state index in [9.17, 15) is 0 Å². The molecule has 0 saturated carbocycles. The molecule has 0 unspecified atom stereocenters. The Kier molecular flexibility index (Phi) is 6.74. The molecule has 0 spiro atoms. The minimum atomic E-state index is 0.163. The van der Waals surface area contributed by atoms with Crippen molar-refractivity contribution < 1.29 is 4.74 Å². The molecule has 0 atom stereocenters. The van der Waals surface area contributed by atoms with Gasteiger partial charge in [0.1, 0.15) is 5.75 Å². The van der Waals surface area contributed by atoms with Crippen LogP contribution in [0.4, 0.5) is 17.5 Å². The van der Waals surface area contributed by atoms with Crippen LogP contribution in [-0.2, 0) is 0 Å². The van der Waals surface area contributed by atoms with Gasteiger partial charge in [-0.25, -0.2) is 0 Å². The van der Waals surface area contributed by atoms with Gasteiger partial charge < -0.3 is 20.3 Å². The van der Waals surface area contributed by atoms with Gasteiger partial charge in [-0.05, 0) is 65.2 Å². The molecule has 2 aromatic rings. The van der Waals surface area contributed by atoms with Crippen LogP contribution < -0.4 is 15.4 Å². The number of anilines is 3. The number of ether oxygens (including phenoxy) is 1. The van der Waals surface area contributed by atoms with Crippen LogP contribution in [0.1, 0.15) is 20.3 Å². The molecule has 0 radical (unpaired) electrons. The van der Waals surface area contributed by atoms with Crippen LogP contribution in [0.25, 0.3) is 0 Å². The zero-order valence-corrected chi connectivity index (χ0v) is 14.8. The molecular formula is C17H26N6O. The Morgan fingerprint density at radius 2 is 1.92 bits per heavy atom. The molecule has 1 aromatic heterocycles. The van der Waals surface area contributed by atoms with Gasteiger partial charge in [0.2, 0.25) is 5.95 Å². The van der Waals surface area contributed by atoms with Gasteiger partial charge in [-0.1, -0.05) is 0 Å². The highest BCUT2D eigenvalue weighted by atomic mass is 16.5. The SMILES string of the molecule is CC(C)Oc1ccc(Nc2cnnc(NCCCN(C)C)n2)cc1. The van der Waals surface area contributed by atoms with Crippen LogP contribution in [-0.4, -0.2) is 53.4 Å². The molecule has 0 fully saturated rings. The third-order valence-electron chi connectivity index (χ3n) is 3.12. The highest BCUT2D eigenvalue weighted by Crippen LogP contribution is 2.19. The van der Waals surface area contributed by atoms with Crippen molar-refractivity contribution >= 4 is 17.5 Å². The van der Waals surface area contributed by atoms with Crippen molar-refractivity contribution in [3.05, 3.63) is 30.5 Å². The molecule has 2 N–H and O–H groups in total. The van der Waals surface area contributed by atoms with Crippen LogP contribution in [0.15, 0.2) is 30.5 Å². The number of hydrogen-bond acceptors (Lipinski definition) is 7. The van der Waals surface area contributed by atoms with E-state index in [-0.39, 0.29) is 6.10 Å². The third kappa shape index (κ3) is 6.37. The predicted molar refractivity (Wildman–Crippen MR) is 97.0 cm³/mol. The van der Waals surface area contributed by atoms with Crippen molar-refractivity contribution in [2.75, 3.05) is 37.8 Å². The largest absolute Gasteiger partial charge is 0.491 e. The van der Waals surface area contributed by atoms with Gasteiger partial charge in [0.25, 0.3) is 0 Å². The summed E-state index contributed by atoms with van der Waals surface area (Å²) in [4.78, 5) is 6.56. The first-order valence-corrected chi connectivity index (χ1v) is 8.15. The third-order valence-corrected chi connectivity index (χ3v) is 3.12. The van der Waals surface area contributed by atoms with E-state index >= 15 is 0 Å². The summed E-state index contributed by atoms with van der Waals surface area (Å²) >= 11 is 0. The summed E-state index contributed by atoms with van der Waals surface area (Å²) in [5, 5.41) is 14.4. The Balaban J connectivity index is 1.89. The first-order chi connectivity index (χ1) is 11.5. The van der Waals surface area contributed by atoms with E-state index in [1.807, 2.05) is 38.1 Å². The lowest BCUT2D eigenvalue weighted by molar-refractivity contribution is 0.242. The van der Waals surface area contributed by atoms with Gasteiger partial charge in [0.15, 0.2) is 5.82 Å². The molecule has 0 aliphatic heterocycles. The predicted octanol–water partition coefficient (Wildman–Crippen LogP) is 2.77. The molecule has 7 nitrogen and oxygen atoms in total. The van der Waals surface area contributed by atoms with Crippen LogP contribution in [0.3, 0.4) is 0 Å². The lowest BCUT2D eigenvalue weighted by Crippen LogP contribution is -2.17. The van der Waals surface area contributed by atoms with Crippen LogP contribution in [0.5, 0.6) is 5.75 Å². The average molecular weight is 330 g/mol. The first kappa shape index (κ1) is 17.9. The summed E-state index contributed by atoms with van der Waals surface area (Å²) in [5.41, 5.74) is 0.921. The topological polar surface area (TPSA) is 75.2 Å². The van der Waals surface area contributed by atoms with Crippen molar-refractivity contribution in [2.45, 2.75) is 26.4 Å². The molecule has 0 saturated heterocycles. The monoisotopic (exact) mass is 330 g/mol. The molecule has 1 heterocycles.